The third-order valence-corrected chi connectivity index (χ3v) is 8.78. The number of hydrogen-bond acceptors (Lipinski definition) is 6. The first-order chi connectivity index (χ1) is 18.2. The van der Waals surface area contributed by atoms with Crippen molar-refractivity contribution in [1.29, 1.82) is 0 Å². The fraction of sp³-hybridized carbons (Fsp3) is 0.200. The topological polar surface area (TPSA) is 86.7 Å². The van der Waals surface area contributed by atoms with E-state index in [2.05, 4.69) is 0 Å². The van der Waals surface area contributed by atoms with Gasteiger partial charge in [0.15, 0.2) is 0 Å². The average Bonchev–Trinajstić information content (AvgIpc) is 2.96. The van der Waals surface area contributed by atoms with Crippen molar-refractivity contribution in [2.45, 2.75) is 54.2 Å². The molecule has 0 saturated carbocycles. The Morgan fingerprint density at radius 1 is 0.447 bits per heavy atom. The first kappa shape index (κ1) is 30.6. The lowest BCUT2D eigenvalue weighted by Crippen LogP contribution is -2.02. The highest BCUT2D eigenvalue weighted by Crippen LogP contribution is 2.29. The second kappa shape index (κ2) is 13.8. The summed E-state index contributed by atoms with van der Waals surface area (Å²) < 4.78 is 62.1. The van der Waals surface area contributed by atoms with Crippen molar-refractivity contribution in [3.05, 3.63) is 103 Å². The van der Waals surface area contributed by atoms with Crippen LogP contribution in [0.2, 0.25) is 0 Å². The van der Waals surface area contributed by atoms with E-state index in [0.717, 1.165) is 5.56 Å². The molecule has 0 radical (unpaired) electrons. The largest absolute Gasteiger partial charge is 0.497 e. The quantitative estimate of drug-likeness (QED) is 0.235. The molecule has 0 fully saturated rings. The summed E-state index contributed by atoms with van der Waals surface area (Å²) in [6.45, 7) is 9.89. The van der Waals surface area contributed by atoms with Gasteiger partial charge in [-0.15, -0.1) is 0 Å². The second-order valence-corrected chi connectivity index (χ2v) is 11.4. The summed E-state index contributed by atoms with van der Waals surface area (Å²) in [6, 6.07) is 24.9. The Morgan fingerprint density at radius 2 is 0.711 bits per heavy atom. The molecule has 38 heavy (non-hydrogen) atoms. The number of benzene rings is 4. The molecule has 0 aliphatic rings. The lowest BCUT2D eigenvalue weighted by molar-refractivity contribution is 0.414. The van der Waals surface area contributed by atoms with Gasteiger partial charge in [0.05, 0.1) is 26.7 Å². The van der Waals surface area contributed by atoms with E-state index in [9.17, 15) is 16.8 Å². The van der Waals surface area contributed by atoms with E-state index in [1.165, 1.54) is 43.5 Å². The Kier molecular flexibility index (Phi) is 11.1. The molecule has 0 N–H and O–H groups in total. The molecule has 0 atom stereocenters. The Balaban J connectivity index is 0.00000121. The number of methoxy groups -OCH3 is 1. The third-order valence-electron chi connectivity index (χ3n) is 5.20. The average molecular weight is 555 g/mol. The lowest BCUT2D eigenvalue weighted by atomic mass is 10.2. The van der Waals surface area contributed by atoms with Gasteiger partial charge in [-0.2, -0.15) is 0 Å². The number of sulfone groups is 2. The van der Waals surface area contributed by atoms with Gasteiger partial charge in [0.2, 0.25) is 19.7 Å². The van der Waals surface area contributed by atoms with E-state index in [0.29, 0.717) is 17.2 Å². The van der Waals surface area contributed by atoms with Crippen LogP contribution in [0.4, 0.5) is 0 Å². The molecule has 0 amide bonds. The van der Waals surface area contributed by atoms with Crippen molar-refractivity contribution in [2.75, 3.05) is 7.11 Å². The minimum Gasteiger partial charge on any atom is -0.497 e. The molecule has 8 heteroatoms. The molecule has 4 rings (SSSR count). The Bertz CT molecular complexity index is 1490. The van der Waals surface area contributed by atoms with Gasteiger partial charge >= 0.3 is 0 Å². The smallest absolute Gasteiger partial charge is 0.206 e. The van der Waals surface area contributed by atoms with Crippen molar-refractivity contribution < 1.29 is 26.3 Å². The third kappa shape index (κ3) is 7.24. The molecule has 0 spiro atoms. The molecule has 202 valence electrons. The maximum absolute atomic E-state index is 12.8. The molecular weight excluding hydrogens is 520 g/mol. The van der Waals surface area contributed by atoms with E-state index in [1.807, 2.05) is 34.6 Å². The van der Waals surface area contributed by atoms with Crippen LogP contribution >= 0.6 is 0 Å². The second-order valence-electron chi connectivity index (χ2n) is 7.54. The number of ether oxygens (including phenoxy) is 2. The van der Waals surface area contributed by atoms with Crippen LogP contribution in [0.3, 0.4) is 0 Å². The van der Waals surface area contributed by atoms with Crippen molar-refractivity contribution in [2.24, 2.45) is 0 Å². The Labute approximate surface area is 226 Å². The van der Waals surface area contributed by atoms with Crippen LogP contribution in [0.5, 0.6) is 17.2 Å². The zero-order chi connectivity index (χ0) is 28.3. The van der Waals surface area contributed by atoms with Gasteiger partial charge in [-0.25, -0.2) is 16.8 Å². The number of hydrogen-bond donors (Lipinski definition) is 0. The van der Waals surface area contributed by atoms with Crippen molar-refractivity contribution >= 4 is 19.7 Å². The summed E-state index contributed by atoms with van der Waals surface area (Å²) in [5.41, 5.74) is 0.977. The molecule has 0 heterocycles. The molecule has 0 bridgehead atoms. The molecule has 0 unspecified atom stereocenters. The summed E-state index contributed by atoms with van der Waals surface area (Å²) in [4.78, 5) is 0.668. The van der Waals surface area contributed by atoms with Gasteiger partial charge < -0.3 is 9.47 Å². The normalized spacial score (nSPS) is 10.8. The highest BCUT2D eigenvalue weighted by Gasteiger charge is 2.19. The molecule has 6 nitrogen and oxygen atoms in total. The van der Waals surface area contributed by atoms with E-state index < -0.39 is 19.7 Å². The van der Waals surface area contributed by atoms with Gasteiger partial charge in [0.1, 0.15) is 17.2 Å². The standard InChI is InChI=1S/C26H22O6S2.2C2H6/c1-19-3-11-23(12-4-19)33(27,28)25-15-7-21(8-16-25)32-22-9-17-26(18-10-22)34(29,30)24-13-5-20(31-2)6-14-24;2*1-2/h3-18H,1-2H3;2*1-2H3. The predicted molar refractivity (Wildman–Crippen MR) is 151 cm³/mol. The molecule has 0 aromatic heterocycles. The summed E-state index contributed by atoms with van der Waals surface area (Å²) >= 11 is 0. The molecule has 0 aliphatic carbocycles. The minimum atomic E-state index is -3.68. The fourth-order valence-corrected chi connectivity index (χ4v) is 5.78. The van der Waals surface area contributed by atoms with Gasteiger partial charge in [-0.3, -0.25) is 0 Å². The lowest BCUT2D eigenvalue weighted by Gasteiger charge is -2.09. The van der Waals surface area contributed by atoms with Crippen molar-refractivity contribution in [1.82, 2.24) is 0 Å². The van der Waals surface area contributed by atoms with Crippen molar-refractivity contribution in [3.8, 4) is 17.2 Å². The summed E-state index contributed by atoms with van der Waals surface area (Å²) in [5.74, 6) is 1.41. The fourth-order valence-electron chi connectivity index (χ4n) is 3.25. The van der Waals surface area contributed by atoms with E-state index in [-0.39, 0.29) is 19.6 Å². The van der Waals surface area contributed by atoms with Crippen LogP contribution in [0, 0.1) is 6.92 Å². The van der Waals surface area contributed by atoms with Crippen LogP contribution in [-0.2, 0) is 19.7 Å². The molecule has 4 aromatic carbocycles. The zero-order valence-electron chi connectivity index (χ0n) is 22.5. The summed E-state index contributed by atoms with van der Waals surface area (Å²) in [7, 11) is -5.80. The van der Waals surface area contributed by atoms with Crippen LogP contribution in [0.15, 0.2) is 117 Å². The summed E-state index contributed by atoms with van der Waals surface area (Å²) in [5, 5.41) is 0. The van der Waals surface area contributed by atoms with Gasteiger partial charge in [-0.1, -0.05) is 45.4 Å². The monoisotopic (exact) mass is 554 g/mol. The molecule has 0 aliphatic heterocycles. The van der Waals surface area contributed by atoms with Crippen LogP contribution < -0.4 is 9.47 Å². The Hall–Kier alpha value is -3.62. The molecule has 4 aromatic rings. The van der Waals surface area contributed by atoms with Crippen LogP contribution in [0.25, 0.3) is 0 Å². The summed E-state index contributed by atoms with van der Waals surface area (Å²) in [6.07, 6.45) is 0. The maximum Gasteiger partial charge on any atom is 0.206 e. The Morgan fingerprint density at radius 3 is 1.00 bits per heavy atom. The first-order valence-electron chi connectivity index (χ1n) is 12.3. The van der Waals surface area contributed by atoms with Crippen molar-refractivity contribution in [3.63, 3.8) is 0 Å². The van der Waals surface area contributed by atoms with Gasteiger partial charge in [0, 0.05) is 0 Å². The molecule has 0 saturated heterocycles. The highest BCUT2D eigenvalue weighted by atomic mass is 32.2. The predicted octanol–water partition coefficient (Wildman–Crippen LogP) is 7.51. The van der Waals surface area contributed by atoms with Crippen LogP contribution in [-0.4, -0.2) is 23.9 Å². The number of aryl methyl sites for hydroxylation is 1. The SMILES string of the molecule is CC.CC.COc1ccc(S(=O)(=O)c2ccc(Oc3ccc(S(=O)(=O)c4ccc(C)cc4)cc3)cc2)cc1. The first-order valence-corrected chi connectivity index (χ1v) is 15.3. The molecular formula is C30H34O6S2. The van der Waals surface area contributed by atoms with Gasteiger partial charge in [-0.05, 0) is 91.9 Å². The van der Waals surface area contributed by atoms with Crippen LogP contribution in [0.1, 0.15) is 33.3 Å². The van der Waals surface area contributed by atoms with E-state index in [1.54, 1.807) is 60.7 Å². The highest BCUT2D eigenvalue weighted by molar-refractivity contribution is 7.91. The zero-order valence-corrected chi connectivity index (χ0v) is 24.1. The van der Waals surface area contributed by atoms with E-state index >= 15 is 0 Å². The maximum atomic E-state index is 12.8. The van der Waals surface area contributed by atoms with Gasteiger partial charge in [0.25, 0.3) is 0 Å². The number of rotatable bonds is 7. The minimum absolute atomic E-state index is 0.129. The van der Waals surface area contributed by atoms with E-state index in [4.69, 9.17) is 9.47 Å².